The molecule has 0 spiro atoms. The Labute approximate surface area is 296 Å². The van der Waals surface area contributed by atoms with E-state index in [9.17, 15) is 14.7 Å². The maximum Gasteiger partial charge on any atom is 0.323 e. The SMILES string of the molecule is CC(=O)Nc1ccc(SCC2OC(c3cccc(NC(=O)Nc4ccc(Oc5ccccc5)cc4)c3)OC(c3ccc(CO)cc3)C2C)cc1. The molecule has 1 fully saturated rings. The lowest BCUT2D eigenvalue weighted by Crippen LogP contribution is -2.38. The molecule has 256 valence electrons. The van der Waals surface area contributed by atoms with Crippen molar-refractivity contribution < 1.29 is 28.9 Å². The number of aliphatic hydroxyl groups is 1. The first-order valence-electron chi connectivity index (χ1n) is 16.3. The molecule has 1 saturated heterocycles. The van der Waals surface area contributed by atoms with E-state index in [2.05, 4.69) is 22.9 Å². The van der Waals surface area contributed by atoms with Gasteiger partial charge in [-0.3, -0.25) is 4.79 Å². The minimum absolute atomic E-state index is 0.00828. The number of hydrogen-bond acceptors (Lipinski definition) is 7. The summed E-state index contributed by atoms with van der Waals surface area (Å²) in [6, 6.07) is 39.2. The van der Waals surface area contributed by atoms with Gasteiger partial charge in [0.1, 0.15) is 11.5 Å². The standard InChI is InChI=1S/C40H39N3O6S/c1-26-37(25-50-36-21-17-31(18-22-36)41-27(2)45)48-39(49-38(26)29-13-11-28(24-44)12-14-29)30-7-6-8-33(23-30)43-40(46)42-32-15-19-35(20-16-32)47-34-9-4-3-5-10-34/h3-23,26,37-39,44H,24-25H2,1-2H3,(H,41,45)(H2,42,43,46). The predicted octanol–water partition coefficient (Wildman–Crippen LogP) is 9.16. The fraction of sp³-hybridized carbons (Fsp3) is 0.200. The molecule has 50 heavy (non-hydrogen) atoms. The second-order valence-electron chi connectivity index (χ2n) is 12.0. The summed E-state index contributed by atoms with van der Waals surface area (Å²) in [4.78, 5) is 25.4. The summed E-state index contributed by atoms with van der Waals surface area (Å²) in [6.45, 7) is 3.57. The number of ether oxygens (including phenoxy) is 3. The second kappa shape index (κ2) is 16.5. The van der Waals surface area contributed by atoms with Crippen molar-refractivity contribution in [3.05, 3.63) is 144 Å². The zero-order valence-electron chi connectivity index (χ0n) is 27.7. The van der Waals surface area contributed by atoms with Crippen LogP contribution in [0, 0.1) is 5.92 Å². The maximum atomic E-state index is 13.0. The van der Waals surface area contributed by atoms with E-state index in [4.69, 9.17) is 14.2 Å². The molecule has 0 saturated carbocycles. The van der Waals surface area contributed by atoms with E-state index in [-0.39, 0.29) is 30.6 Å². The smallest absolute Gasteiger partial charge is 0.323 e. The van der Waals surface area contributed by atoms with Gasteiger partial charge in [-0.1, -0.05) is 61.5 Å². The molecule has 6 rings (SSSR count). The molecule has 4 unspecified atom stereocenters. The Morgan fingerprint density at radius 3 is 2.08 bits per heavy atom. The van der Waals surface area contributed by atoms with Crippen LogP contribution in [0.2, 0.25) is 0 Å². The maximum absolute atomic E-state index is 13.0. The Hall–Kier alpha value is -5.13. The molecule has 0 bridgehead atoms. The number of carbonyl (C=O) groups is 2. The molecule has 10 heteroatoms. The van der Waals surface area contributed by atoms with Gasteiger partial charge in [-0.15, -0.1) is 11.8 Å². The first-order valence-corrected chi connectivity index (χ1v) is 17.3. The lowest BCUT2D eigenvalue weighted by Gasteiger charge is -2.41. The van der Waals surface area contributed by atoms with Gasteiger partial charge in [0.2, 0.25) is 5.91 Å². The third-order valence-electron chi connectivity index (χ3n) is 8.22. The number of aliphatic hydroxyl groups excluding tert-OH is 1. The van der Waals surface area contributed by atoms with Gasteiger partial charge >= 0.3 is 6.03 Å². The summed E-state index contributed by atoms with van der Waals surface area (Å²) in [6.07, 6.45) is -1.14. The van der Waals surface area contributed by atoms with Crippen LogP contribution in [0.25, 0.3) is 0 Å². The lowest BCUT2D eigenvalue weighted by molar-refractivity contribution is -0.268. The van der Waals surface area contributed by atoms with Crippen molar-refractivity contribution in [2.75, 3.05) is 21.7 Å². The third kappa shape index (κ3) is 9.31. The number of urea groups is 1. The number of carbonyl (C=O) groups excluding carboxylic acids is 2. The van der Waals surface area contributed by atoms with E-state index in [1.807, 2.05) is 103 Å². The number of amides is 3. The summed E-state index contributed by atoms with van der Waals surface area (Å²) >= 11 is 1.67. The molecule has 3 amide bonds. The van der Waals surface area contributed by atoms with Gasteiger partial charge in [0.15, 0.2) is 6.29 Å². The number of rotatable bonds is 11. The average molecular weight is 690 g/mol. The van der Waals surface area contributed by atoms with Gasteiger partial charge in [0, 0.05) is 46.1 Å². The van der Waals surface area contributed by atoms with Crippen molar-refractivity contribution in [3.63, 3.8) is 0 Å². The van der Waals surface area contributed by atoms with Crippen LogP contribution in [-0.2, 0) is 20.9 Å². The Balaban J connectivity index is 1.13. The van der Waals surface area contributed by atoms with E-state index in [0.717, 1.165) is 33.0 Å². The minimum atomic E-state index is -0.691. The Morgan fingerprint density at radius 1 is 0.720 bits per heavy atom. The van der Waals surface area contributed by atoms with Gasteiger partial charge < -0.3 is 35.3 Å². The number of anilines is 3. The average Bonchev–Trinajstić information content (AvgIpc) is 3.13. The van der Waals surface area contributed by atoms with Crippen LogP contribution in [0.1, 0.15) is 42.9 Å². The van der Waals surface area contributed by atoms with Crippen molar-refractivity contribution in [3.8, 4) is 11.5 Å². The van der Waals surface area contributed by atoms with Crippen LogP contribution in [0.4, 0.5) is 21.9 Å². The normalized spacial score (nSPS) is 18.5. The van der Waals surface area contributed by atoms with E-state index in [1.165, 1.54) is 6.92 Å². The van der Waals surface area contributed by atoms with Crippen molar-refractivity contribution in [1.29, 1.82) is 0 Å². The highest BCUT2D eigenvalue weighted by Crippen LogP contribution is 2.43. The molecular formula is C40H39N3O6S. The summed E-state index contributed by atoms with van der Waals surface area (Å²) in [5.74, 6) is 1.96. The van der Waals surface area contributed by atoms with Crippen molar-refractivity contribution >= 4 is 40.8 Å². The highest BCUT2D eigenvalue weighted by atomic mass is 32.2. The Bertz CT molecular complexity index is 1870. The van der Waals surface area contributed by atoms with Crippen molar-refractivity contribution in [2.24, 2.45) is 5.92 Å². The quantitative estimate of drug-likeness (QED) is 0.102. The summed E-state index contributed by atoms with van der Waals surface area (Å²) in [7, 11) is 0. The monoisotopic (exact) mass is 689 g/mol. The molecule has 5 aromatic carbocycles. The van der Waals surface area contributed by atoms with Gasteiger partial charge in [-0.2, -0.15) is 0 Å². The zero-order valence-corrected chi connectivity index (χ0v) is 28.6. The fourth-order valence-corrected chi connectivity index (χ4v) is 6.68. The fourth-order valence-electron chi connectivity index (χ4n) is 5.61. The lowest BCUT2D eigenvalue weighted by atomic mass is 9.91. The molecule has 9 nitrogen and oxygen atoms in total. The van der Waals surface area contributed by atoms with Crippen LogP contribution >= 0.6 is 11.8 Å². The number of para-hydroxylation sites is 1. The first-order chi connectivity index (χ1) is 24.3. The number of thioether (sulfide) groups is 1. The molecule has 0 radical (unpaired) electrons. The first kappa shape index (κ1) is 34.7. The molecule has 5 aromatic rings. The van der Waals surface area contributed by atoms with Crippen LogP contribution in [-0.4, -0.2) is 28.9 Å². The molecule has 1 heterocycles. The highest BCUT2D eigenvalue weighted by molar-refractivity contribution is 7.99. The van der Waals surface area contributed by atoms with Crippen LogP contribution < -0.4 is 20.7 Å². The van der Waals surface area contributed by atoms with E-state index in [0.29, 0.717) is 22.9 Å². The number of benzene rings is 5. The van der Waals surface area contributed by atoms with Gasteiger partial charge in [0.25, 0.3) is 0 Å². The van der Waals surface area contributed by atoms with E-state index in [1.54, 1.807) is 36.0 Å². The van der Waals surface area contributed by atoms with Crippen LogP contribution in [0.15, 0.2) is 132 Å². The van der Waals surface area contributed by atoms with Crippen molar-refractivity contribution in [1.82, 2.24) is 0 Å². The molecule has 1 aliphatic rings. The molecule has 4 N–H and O–H groups in total. The second-order valence-corrected chi connectivity index (χ2v) is 13.1. The molecule has 1 aliphatic heterocycles. The van der Waals surface area contributed by atoms with Crippen molar-refractivity contribution in [2.45, 2.75) is 43.8 Å². The predicted molar refractivity (Wildman–Crippen MR) is 196 cm³/mol. The largest absolute Gasteiger partial charge is 0.457 e. The van der Waals surface area contributed by atoms with Crippen LogP contribution in [0.5, 0.6) is 11.5 Å². The molecular weight excluding hydrogens is 651 g/mol. The minimum Gasteiger partial charge on any atom is -0.457 e. The molecule has 4 atom stereocenters. The van der Waals surface area contributed by atoms with Gasteiger partial charge in [-0.25, -0.2) is 4.79 Å². The summed E-state index contributed by atoms with van der Waals surface area (Å²) in [5, 5.41) is 18.2. The highest BCUT2D eigenvalue weighted by Gasteiger charge is 2.38. The van der Waals surface area contributed by atoms with E-state index >= 15 is 0 Å². The van der Waals surface area contributed by atoms with Crippen LogP contribution in [0.3, 0.4) is 0 Å². The summed E-state index contributed by atoms with van der Waals surface area (Å²) in [5.41, 5.74) is 4.54. The third-order valence-corrected chi connectivity index (χ3v) is 9.32. The molecule has 0 aliphatic carbocycles. The summed E-state index contributed by atoms with van der Waals surface area (Å²) < 4.78 is 19.1. The zero-order chi connectivity index (χ0) is 34.9. The number of nitrogens with one attached hydrogen (secondary N) is 3. The van der Waals surface area contributed by atoms with Gasteiger partial charge in [-0.05, 0) is 83.9 Å². The molecule has 0 aromatic heterocycles. The Morgan fingerprint density at radius 2 is 1.38 bits per heavy atom. The number of hydrogen-bond donors (Lipinski definition) is 4. The van der Waals surface area contributed by atoms with E-state index < -0.39 is 12.3 Å². The topological polar surface area (TPSA) is 118 Å². The van der Waals surface area contributed by atoms with Gasteiger partial charge in [0.05, 0.1) is 18.8 Å². The Kier molecular flexibility index (Phi) is 11.5.